The van der Waals surface area contributed by atoms with Gasteiger partial charge in [0.15, 0.2) is 0 Å². The zero-order valence-corrected chi connectivity index (χ0v) is 14.0. The molecule has 0 atom stereocenters. The summed E-state index contributed by atoms with van der Waals surface area (Å²) in [7, 11) is 0. The molecule has 122 valence electrons. The molecule has 0 spiro atoms. The molecule has 3 nitrogen and oxygen atoms in total. The van der Waals surface area contributed by atoms with Crippen LogP contribution in [0, 0.1) is 0 Å². The van der Waals surface area contributed by atoms with Crippen LogP contribution in [0.3, 0.4) is 0 Å². The highest BCUT2D eigenvalue weighted by atomic mass is 16.5. The molecular weight excluding hydrogens is 286 g/mol. The minimum absolute atomic E-state index is 0.559. The van der Waals surface area contributed by atoms with E-state index in [9.17, 15) is 0 Å². The Kier molecular flexibility index (Phi) is 5.19. The van der Waals surface area contributed by atoms with Gasteiger partial charge in [-0.3, -0.25) is 0 Å². The molecule has 3 heteroatoms. The molecule has 0 bridgehead atoms. The van der Waals surface area contributed by atoms with Crippen LogP contribution in [0.1, 0.15) is 36.5 Å². The van der Waals surface area contributed by atoms with Gasteiger partial charge >= 0.3 is 0 Å². The van der Waals surface area contributed by atoms with Gasteiger partial charge in [0.2, 0.25) is 0 Å². The van der Waals surface area contributed by atoms with Crippen LogP contribution in [0.15, 0.2) is 42.5 Å². The summed E-state index contributed by atoms with van der Waals surface area (Å²) in [6.07, 6.45) is 1.03. The van der Waals surface area contributed by atoms with Gasteiger partial charge in [-0.1, -0.05) is 38.1 Å². The summed E-state index contributed by atoms with van der Waals surface area (Å²) in [6, 6.07) is 14.8. The molecule has 0 radical (unpaired) electrons. The Morgan fingerprint density at radius 2 is 1.96 bits per heavy atom. The predicted octanol–water partition coefficient (Wildman–Crippen LogP) is 3.91. The lowest BCUT2D eigenvalue weighted by molar-refractivity contribution is 0.313. The molecule has 3 rings (SSSR count). The van der Waals surface area contributed by atoms with Crippen molar-refractivity contribution in [3.63, 3.8) is 0 Å². The van der Waals surface area contributed by atoms with Crippen molar-refractivity contribution in [3.05, 3.63) is 59.2 Å². The number of ether oxygens (including phenoxy) is 2. The fraction of sp³-hybridized carbons (Fsp3) is 0.400. The normalized spacial score (nSPS) is 13.0. The van der Waals surface area contributed by atoms with Gasteiger partial charge in [0.1, 0.15) is 18.1 Å². The molecule has 1 heterocycles. The van der Waals surface area contributed by atoms with E-state index in [4.69, 9.17) is 9.47 Å². The minimum atomic E-state index is 0.559. The molecule has 0 amide bonds. The first-order valence-corrected chi connectivity index (χ1v) is 8.40. The number of hydrogen-bond acceptors (Lipinski definition) is 3. The molecule has 1 aliphatic rings. The second-order valence-electron chi connectivity index (χ2n) is 6.29. The van der Waals surface area contributed by atoms with E-state index in [1.165, 1.54) is 16.7 Å². The van der Waals surface area contributed by atoms with Crippen molar-refractivity contribution in [3.8, 4) is 11.5 Å². The highest BCUT2D eigenvalue weighted by molar-refractivity contribution is 5.39. The van der Waals surface area contributed by atoms with E-state index in [0.29, 0.717) is 12.5 Å². The van der Waals surface area contributed by atoms with Crippen LogP contribution in [0.25, 0.3) is 0 Å². The van der Waals surface area contributed by atoms with E-state index in [2.05, 4.69) is 61.6 Å². The van der Waals surface area contributed by atoms with Crippen molar-refractivity contribution >= 4 is 0 Å². The zero-order valence-electron chi connectivity index (χ0n) is 14.0. The topological polar surface area (TPSA) is 30.5 Å². The van der Waals surface area contributed by atoms with Gasteiger partial charge in [-0.25, -0.2) is 0 Å². The number of fused-ring (bicyclic) bond motifs is 1. The Hall–Kier alpha value is -2.00. The smallest absolute Gasteiger partial charge is 0.122 e. The lowest BCUT2D eigenvalue weighted by atomic mass is 10.0. The number of rotatable bonds is 7. The Morgan fingerprint density at radius 1 is 1.13 bits per heavy atom. The van der Waals surface area contributed by atoms with Crippen LogP contribution < -0.4 is 14.8 Å². The van der Waals surface area contributed by atoms with E-state index < -0.39 is 0 Å². The van der Waals surface area contributed by atoms with Crippen molar-refractivity contribution in [2.45, 2.75) is 32.7 Å². The van der Waals surface area contributed by atoms with Crippen LogP contribution in [0.4, 0.5) is 0 Å². The first kappa shape index (κ1) is 15.9. The van der Waals surface area contributed by atoms with Gasteiger partial charge in [-0.2, -0.15) is 0 Å². The highest BCUT2D eigenvalue weighted by Crippen LogP contribution is 2.25. The molecule has 23 heavy (non-hydrogen) atoms. The zero-order chi connectivity index (χ0) is 16.1. The molecular formula is C20H25NO2. The lowest BCUT2D eigenvalue weighted by Crippen LogP contribution is -2.20. The van der Waals surface area contributed by atoms with Gasteiger partial charge in [-0.15, -0.1) is 0 Å². The highest BCUT2D eigenvalue weighted by Gasteiger charge is 2.11. The summed E-state index contributed by atoms with van der Waals surface area (Å²) < 4.78 is 11.3. The van der Waals surface area contributed by atoms with E-state index in [1.807, 2.05) is 0 Å². The molecule has 0 aliphatic carbocycles. The summed E-state index contributed by atoms with van der Waals surface area (Å²) in [5, 5.41) is 3.43. The fourth-order valence-corrected chi connectivity index (χ4v) is 2.77. The SMILES string of the molecule is CC(C)c1ccc(OCCNCc2ccc3c(c2)CCO3)cc1. The third kappa shape index (κ3) is 4.26. The van der Waals surface area contributed by atoms with Crippen LogP contribution in [0.2, 0.25) is 0 Å². The van der Waals surface area contributed by atoms with Crippen molar-refractivity contribution in [1.82, 2.24) is 5.32 Å². The Balaban J connectivity index is 1.38. The molecule has 1 aliphatic heterocycles. The van der Waals surface area contributed by atoms with E-state index in [1.54, 1.807) is 0 Å². The first-order valence-electron chi connectivity index (χ1n) is 8.40. The third-order valence-electron chi connectivity index (χ3n) is 4.18. The van der Waals surface area contributed by atoms with Gasteiger partial charge in [-0.05, 0) is 40.8 Å². The maximum Gasteiger partial charge on any atom is 0.122 e. The summed E-state index contributed by atoms with van der Waals surface area (Å²) >= 11 is 0. The van der Waals surface area contributed by atoms with Gasteiger partial charge in [0, 0.05) is 19.5 Å². The molecule has 0 unspecified atom stereocenters. The fourth-order valence-electron chi connectivity index (χ4n) is 2.77. The average molecular weight is 311 g/mol. The molecule has 1 N–H and O–H groups in total. The van der Waals surface area contributed by atoms with Crippen LogP contribution in [0.5, 0.6) is 11.5 Å². The Morgan fingerprint density at radius 3 is 2.74 bits per heavy atom. The van der Waals surface area contributed by atoms with Gasteiger partial charge in [0.05, 0.1) is 6.61 Å². The molecule has 2 aromatic rings. The molecule has 0 aromatic heterocycles. The lowest BCUT2D eigenvalue weighted by Gasteiger charge is -2.10. The maximum absolute atomic E-state index is 5.77. The number of hydrogen-bond donors (Lipinski definition) is 1. The summed E-state index contributed by atoms with van der Waals surface area (Å²) in [4.78, 5) is 0. The van der Waals surface area contributed by atoms with Gasteiger partial charge in [0.25, 0.3) is 0 Å². The van der Waals surface area contributed by atoms with Crippen LogP contribution in [-0.4, -0.2) is 19.8 Å². The van der Waals surface area contributed by atoms with Crippen molar-refractivity contribution in [1.29, 1.82) is 0 Å². The molecule has 0 saturated carbocycles. The van der Waals surface area contributed by atoms with E-state index in [-0.39, 0.29) is 0 Å². The summed E-state index contributed by atoms with van der Waals surface area (Å²) in [5.41, 5.74) is 3.97. The van der Waals surface area contributed by atoms with Gasteiger partial charge < -0.3 is 14.8 Å². The number of benzene rings is 2. The maximum atomic E-state index is 5.77. The molecule has 0 fully saturated rings. The Labute approximate surface area is 138 Å². The quantitative estimate of drug-likeness (QED) is 0.786. The van der Waals surface area contributed by atoms with E-state index in [0.717, 1.165) is 37.6 Å². The number of nitrogens with one attached hydrogen (secondary N) is 1. The largest absolute Gasteiger partial charge is 0.493 e. The van der Waals surface area contributed by atoms with Crippen molar-refractivity contribution in [2.24, 2.45) is 0 Å². The third-order valence-corrected chi connectivity index (χ3v) is 4.18. The second-order valence-corrected chi connectivity index (χ2v) is 6.29. The standard InChI is InChI=1S/C20H25NO2/c1-15(2)17-4-6-19(7-5-17)22-12-10-21-14-16-3-8-20-18(13-16)9-11-23-20/h3-8,13,15,21H,9-12,14H2,1-2H3. The molecule has 2 aromatic carbocycles. The minimum Gasteiger partial charge on any atom is -0.493 e. The van der Waals surface area contributed by atoms with Crippen LogP contribution in [-0.2, 0) is 13.0 Å². The first-order chi connectivity index (χ1) is 11.2. The van der Waals surface area contributed by atoms with E-state index >= 15 is 0 Å². The Bertz CT molecular complexity index is 635. The predicted molar refractivity (Wildman–Crippen MR) is 93.4 cm³/mol. The second kappa shape index (κ2) is 7.51. The van der Waals surface area contributed by atoms with Crippen molar-refractivity contribution in [2.75, 3.05) is 19.8 Å². The average Bonchev–Trinajstić information content (AvgIpc) is 3.02. The molecule has 0 saturated heterocycles. The summed E-state index contributed by atoms with van der Waals surface area (Å²) in [5.74, 6) is 2.54. The van der Waals surface area contributed by atoms with Crippen molar-refractivity contribution < 1.29 is 9.47 Å². The summed E-state index contributed by atoms with van der Waals surface area (Å²) in [6.45, 7) is 7.59. The monoisotopic (exact) mass is 311 g/mol. The van der Waals surface area contributed by atoms with Crippen LogP contribution >= 0.6 is 0 Å².